The third kappa shape index (κ3) is 3.44. The number of nitrogens with one attached hydrogen (secondary N) is 1. The lowest BCUT2D eigenvalue weighted by molar-refractivity contribution is 0.0949. The molecule has 3 aromatic rings. The molecule has 2 heterocycles. The lowest BCUT2D eigenvalue weighted by Gasteiger charge is -2.08. The van der Waals surface area contributed by atoms with Gasteiger partial charge in [-0.05, 0) is 24.3 Å². The van der Waals surface area contributed by atoms with E-state index in [1.165, 1.54) is 14.2 Å². The molecule has 24 heavy (non-hydrogen) atoms. The molecular weight excluding hydrogens is 330 g/mol. The Bertz CT molecular complexity index is 870. The fourth-order valence-corrected chi connectivity index (χ4v) is 2.46. The van der Waals surface area contributed by atoms with Crippen LogP contribution in [0.3, 0.4) is 0 Å². The molecule has 0 fully saturated rings. The number of amides is 1. The molecule has 0 bridgehead atoms. The van der Waals surface area contributed by atoms with Gasteiger partial charge in [-0.3, -0.25) is 4.79 Å². The van der Waals surface area contributed by atoms with Crippen molar-refractivity contribution in [2.75, 3.05) is 14.2 Å². The highest BCUT2D eigenvalue weighted by atomic mass is 35.5. The standard InChI is InChI=1S/C17H16ClN3O3/c1-23-14-5-11(6-15(8-14)24-2)17(22)19-9-13-10-21-4-3-12(18)7-16(21)20-13/h3-8,10H,9H2,1-2H3,(H,19,22). The molecule has 124 valence electrons. The summed E-state index contributed by atoms with van der Waals surface area (Å²) in [6.07, 6.45) is 3.67. The molecule has 0 atom stereocenters. The number of aromatic nitrogens is 2. The second-order valence-electron chi connectivity index (χ2n) is 5.13. The van der Waals surface area contributed by atoms with Gasteiger partial charge in [0.25, 0.3) is 5.91 Å². The smallest absolute Gasteiger partial charge is 0.251 e. The van der Waals surface area contributed by atoms with Crippen molar-refractivity contribution in [3.63, 3.8) is 0 Å². The molecule has 7 heteroatoms. The minimum Gasteiger partial charge on any atom is -0.497 e. The largest absolute Gasteiger partial charge is 0.497 e. The van der Waals surface area contributed by atoms with Gasteiger partial charge < -0.3 is 19.2 Å². The van der Waals surface area contributed by atoms with Crippen molar-refractivity contribution >= 4 is 23.2 Å². The van der Waals surface area contributed by atoms with Gasteiger partial charge in [0.05, 0.1) is 26.5 Å². The Morgan fingerprint density at radius 2 is 1.92 bits per heavy atom. The number of hydrogen-bond acceptors (Lipinski definition) is 4. The van der Waals surface area contributed by atoms with Crippen LogP contribution in [0.2, 0.25) is 5.02 Å². The van der Waals surface area contributed by atoms with Gasteiger partial charge in [-0.1, -0.05) is 11.6 Å². The number of carbonyl (C=O) groups is 1. The Morgan fingerprint density at radius 3 is 2.58 bits per heavy atom. The topological polar surface area (TPSA) is 64.9 Å². The van der Waals surface area contributed by atoms with Gasteiger partial charge in [-0.25, -0.2) is 4.98 Å². The van der Waals surface area contributed by atoms with Gasteiger partial charge in [-0.15, -0.1) is 0 Å². The normalized spacial score (nSPS) is 10.6. The molecule has 0 aliphatic heterocycles. The summed E-state index contributed by atoms with van der Waals surface area (Å²) in [5.41, 5.74) is 1.92. The van der Waals surface area contributed by atoms with Gasteiger partial charge in [-0.2, -0.15) is 0 Å². The minimum absolute atomic E-state index is 0.234. The van der Waals surface area contributed by atoms with E-state index in [0.29, 0.717) is 28.6 Å². The second kappa shape index (κ2) is 6.80. The molecule has 0 aliphatic carbocycles. The van der Waals surface area contributed by atoms with Crippen molar-refractivity contribution in [1.82, 2.24) is 14.7 Å². The van der Waals surface area contributed by atoms with Crippen molar-refractivity contribution in [2.24, 2.45) is 0 Å². The van der Waals surface area contributed by atoms with E-state index in [4.69, 9.17) is 21.1 Å². The number of benzene rings is 1. The number of hydrogen-bond donors (Lipinski definition) is 1. The van der Waals surface area contributed by atoms with E-state index >= 15 is 0 Å². The van der Waals surface area contributed by atoms with E-state index in [-0.39, 0.29) is 5.91 Å². The first-order valence-electron chi connectivity index (χ1n) is 7.23. The molecule has 6 nitrogen and oxygen atoms in total. The molecule has 0 saturated carbocycles. The number of imidazole rings is 1. The Labute approximate surface area is 144 Å². The molecule has 1 N–H and O–H groups in total. The van der Waals surface area contributed by atoms with Crippen molar-refractivity contribution < 1.29 is 14.3 Å². The highest BCUT2D eigenvalue weighted by molar-refractivity contribution is 6.30. The summed E-state index contributed by atoms with van der Waals surface area (Å²) >= 11 is 5.95. The van der Waals surface area contributed by atoms with Crippen LogP contribution >= 0.6 is 11.6 Å². The molecule has 0 saturated heterocycles. The molecule has 1 aromatic carbocycles. The lowest BCUT2D eigenvalue weighted by atomic mass is 10.2. The van der Waals surface area contributed by atoms with Crippen LogP contribution in [0.4, 0.5) is 0 Å². The van der Waals surface area contributed by atoms with Crippen LogP contribution in [0, 0.1) is 0 Å². The average molecular weight is 346 g/mol. The number of halogens is 1. The van der Waals surface area contributed by atoms with E-state index in [9.17, 15) is 4.79 Å². The number of methoxy groups -OCH3 is 2. The lowest BCUT2D eigenvalue weighted by Crippen LogP contribution is -2.23. The maximum Gasteiger partial charge on any atom is 0.251 e. The molecule has 3 rings (SSSR count). The fourth-order valence-electron chi connectivity index (χ4n) is 2.31. The van der Waals surface area contributed by atoms with Crippen molar-refractivity contribution in [3.8, 4) is 11.5 Å². The summed E-state index contributed by atoms with van der Waals surface area (Å²) in [4.78, 5) is 16.8. The van der Waals surface area contributed by atoms with E-state index in [2.05, 4.69) is 10.3 Å². The third-order valence-electron chi connectivity index (χ3n) is 3.52. The van der Waals surface area contributed by atoms with Gasteiger partial charge in [0.15, 0.2) is 0 Å². The molecule has 0 radical (unpaired) electrons. The maximum absolute atomic E-state index is 12.3. The van der Waals surface area contributed by atoms with Crippen LogP contribution in [-0.4, -0.2) is 29.5 Å². The Kier molecular flexibility index (Phi) is 4.57. The van der Waals surface area contributed by atoms with E-state index in [1.807, 2.05) is 16.8 Å². The Balaban J connectivity index is 1.74. The van der Waals surface area contributed by atoms with Gasteiger partial charge >= 0.3 is 0 Å². The van der Waals surface area contributed by atoms with E-state index in [0.717, 1.165) is 11.3 Å². The first kappa shape index (κ1) is 16.1. The predicted molar refractivity (Wildman–Crippen MR) is 90.9 cm³/mol. The number of pyridine rings is 1. The summed E-state index contributed by atoms with van der Waals surface area (Å²) in [7, 11) is 3.08. The molecular formula is C17H16ClN3O3. The Morgan fingerprint density at radius 1 is 1.21 bits per heavy atom. The monoisotopic (exact) mass is 345 g/mol. The van der Waals surface area contributed by atoms with Gasteiger partial charge in [0, 0.05) is 29.0 Å². The summed E-state index contributed by atoms with van der Waals surface area (Å²) < 4.78 is 12.2. The predicted octanol–water partition coefficient (Wildman–Crippen LogP) is 2.93. The number of ether oxygens (including phenoxy) is 2. The quantitative estimate of drug-likeness (QED) is 0.772. The summed E-state index contributed by atoms with van der Waals surface area (Å²) in [5.74, 6) is 0.881. The van der Waals surface area contributed by atoms with Crippen molar-refractivity contribution in [3.05, 3.63) is 59.0 Å². The maximum atomic E-state index is 12.3. The SMILES string of the molecule is COc1cc(OC)cc(C(=O)NCc2cn3ccc(Cl)cc3n2)c1. The Hall–Kier alpha value is -2.73. The first-order chi connectivity index (χ1) is 11.6. The van der Waals surface area contributed by atoms with Crippen LogP contribution in [0.25, 0.3) is 5.65 Å². The number of fused-ring (bicyclic) bond motifs is 1. The van der Waals surface area contributed by atoms with Gasteiger partial charge in [0.1, 0.15) is 17.1 Å². The molecule has 0 aliphatic rings. The number of rotatable bonds is 5. The molecule has 2 aromatic heterocycles. The van der Waals surface area contributed by atoms with Crippen LogP contribution in [0.5, 0.6) is 11.5 Å². The minimum atomic E-state index is -0.234. The number of carbonyl (C=O) groups excluding carboxylic acids is 1. The first-order valence-corrected chi connectivity index (χ1v) is 7.61. The summed E-state index contributed by atoms with van der Waals surface area (Å²) in [6.45, 7) is 0.303. The van der Waals surface area contributed by atoms with E-state index in [1.54, 1.807) is 30.3 Å². The zero-order valence-electron chi connectivity index (χ0n) is 13.2. The van der Waals surface area contributed by atoms with Crippen LogP contribution in [0.1, 0.15) is 16.1 Å². The summed E-state index contributed by atoms with van der Waals surface area (Å²) in [5, 5.41) is 3.45. The zero-order valence-corrected chi connectivity index (χ0v) is 14.0. The molecule has 0 unspecified atom stereocenters. The fraction of sp³-hybridized carbons (Fsp3) is 0.176. The highest BCUT2D eigenvalue weighted by Gasteiger charge is 2.11. The zero-order chi connectivity index (χ0) is 17.1. The average Bonchev–Trinajstić information content (AvgIpc) is 3.01. The number of nitrogens with zero attached hydrogens (tertiary/aromatic N) is 2. The van der Waals surface area contributed by atoms with Crippen LogP contribution in [0.15, 0.2) is 42.7 Å². The highest BCUT2D eigenvalue weighted by Crippen LogP contribution is 2.22. The third-order valence-corrected chi connectivity index (χ3v) is 3.75. The summed E-state index contributed by atoms with van der Waals surface area (Å²) in [6, 6.07) is 8.56. The van der Waals surface area contributed by atoms with Crippen LogP contribution in [-0.2, 0) is 6.54 Å². The van der Waals surface area contributed by atoms with Crippen molar-refractivity contribution in [2.45, 2.75) is 6.54 Å². The molecule has 1 amide bonds. The van der Waals surface area contributed by atoms with Crippen molar-refractivity contribution in [1.29, 1.82) is 0 Å². The van der Waals surface area contributed by atoms with E-state index < -0.39 is 0 Å². The van der Waals surface area contributed by atoms with Gasteiger partial charge in [0.2, 0.25) is 0 Å². The molecule has 0 spiro atoms. The second-order valence-corrected chi connectivity index (χ2v) is 5.56. The van der Waals surface area contributed by atoms with Crippen LogP contribution < -0.4 is 14.8 Å².